The minimum atomic E-state index is 0.0973. The minimum absolute atomic E-state index is 0.0973. The van der Waals surface area contributed by atoms with Crippen molar-refractivity contribution in [1.82, 2.24) is 0 Å². The zero-order chi connectivity index (χ0) is 12.0. The van der Waals surface area contributed by atoms with Gasteiger partial charge in [0.2, 0.25) is 0 Å². The van der Waals surface area contributed by atoms with E-state index in [1.54, 1.807) is 0 Å². The summed E-state index contributed by atoms with van der Waals surface area (Å²) >= 11 is 0. The number of aliphatic hydroxyl groups excluding tert-OH is 1. The van der Waals surface area contributed by atoms with E-state index >= 15 is 0 Å². The van der Waals surface area contributed by atoms with Gasteiger partial charge in [-0.1, -0.05) is 32.0 Å². The molecule has 0 aliphatic rings. The zero-order valence-electron chi connectivity index (χ0n) is 10.5. The number of aliphatic hydroxyl groups is 1. The van der Waals surface area contributed by atoms with Crippen LogP contribution < -0.4 is 5.32 Å². The first-order valence-electron chi connectivity index (χ1n) is 6.08. The van der Waals surface area contributed by atoms with Gasteiger partial charge in [-0.15, -0.1) is 0 Å². The third-order valence-electron chi connectivity index (χ3n) is 2.77. The second-order valence-corrected chi connectivity index (χ2v) is 4.83. The van der Waals surface area contributed by atoms with Crippen molar-refractivity contribution in [1.29, 1.82) is 0 Å². The summed E-state index contributed by atoms with van der Waals surface area (Å²) in [7, 11) is 0. The van der Waals surface area contributed by atoms with Gasteiger partial charge in [-0.25, -0.2) is 0 Å². The highest BCUT2D eigenvalue weighted by Gasteiger charge is 2.06. The van der Waals surface area contributed by atoms with Gasteiger partial charge in [0.05, 0.1) is 6.61 Å². The number of hydrogen-bond donors (Lipinski definition) is 2. The molecule has 0 bridgehead atoms. The summed E-state index contributed by atoms with van der Waals surface area (Å²) in [5.74, 6) is 0.748. The van der Waals surface area contributed by atoms with E-state index in [1.165, 1.54) is 6.42 Å². The molecule has 0 saturated carbocycles. The molecule has 0 fully saturated rings. The molecule has 1 unspecified atom stereocenters. The lowest BCUT2D eigenvalue weighted by Gasteiger charge is -2.18. The number of benzene rings is 1. The Morgan fingerprint density at radius 1 is 1.12 bits per heavy atom. The van der Waals surface area contributed by atoms with Crippen LogP contribution in [0.25, 0.3) is 0 Å². The van der Waals surface area contributed by atoms with Gasteiger partial charge in [0.15, 0.2) is 0 Å². The third-order valence-corrected chi connectivity index (χ3v) is 2.77. The molecule has 90 valence electrons. The van der Waals surface area contributed by atoms with Crippen molar-refractivity contribution in [3.05, 3.63) is 29.8 Å². The van der Waals surface area contributed by atoms with Crippen molar-refractivity contribution in [2.45, 2.75) is 46.3 Å². The van der Waals surface area contributed by atoms with Crippen LogP contribution in [0.1, 0.15) is 39.2 Å². The molecular formula is C14H23NO. The number of nitrogens with one attached hydrogen (secondary N) is 1. The molecule has 0 aliphatic carbocycles. The van der Waals surface area contributed by atoms with Crippen molar-refractivity contribution in [3.63, 3.8) is 0 Å². The van der Waals surface area contributed by atoms with Crippen molar-refractivity contribution in [2.24, 2.45) is 5.92 Å². The summed E-state index contributed by atoms with van der Waals surface area (Å²) in [5, 5.41) is 12.7. The van der Waals surface area contributed by atoms with E-state index in [-0.39, 0.29) is 6.61 Å². The first-order valence-corrected chi connectivity index (χ1v) is 6.08. The Balaban J connectivity index is 2.51. The van der Waals surface area contributed by atoms with E-state index < -0.39 is 0 Å². The fourth-order valence-corrected chi connectivity index (χ4v) is 1.72. The highest BCUT2D eigenvalue weighted by molar-refractivity contribution is 5.51. The van der Waals surface area contributed by atoms with Gasteiger partial charge >= 0.3 is 0 Å². The van der Waals surface area contributed by atoms with E-state index in [0.717, 1.165) is 23.6 Å². The molecule has 2 nitrogen and oxygen atoms in total. The second-order valence-electron chi connectivity index (χ2n) is 4.83. The molecule has 0 spiro atoms. The van der Waals surface area contributed by atoms with Crippen LogP contribution in [-0.4, -0.2) is 11.1 Å². The zero-order valence-corrected chi connectivity index (χ0v) is 10.5. The fourth-order valence-electron chi connectivity index (χ4n) is 1.72. The molecule has 16 heavy (non-hydrogen) atoms. The maximum Gasteiger partial charge on any atom is 0.0701 e. The molecule has 0 aromatic heterocycles. The second kappa shape index (κ2) is 6.54. The van der Waals surface area contributed by atoms with E-state index in [1.807, 2.05) is 24.3 Å². The molecular weight excluding hydrogens is 198 g/mol. The molecule has 0 amide bonds. The van der Waals surface area contributed by atoms with Gasteiger partial charge in [0.1, 0.15) is 0 Å². The summed E-state index contributed by atoms with van der Waals surface area (Å²) in [6.07, 6.45) is 2.40. The van der Waals surface area contributed by atoms with Crippen molar-refractivity contribution in [2.75, 3.05) is 5.32 Å². The third kappa shape index (κ3) is 4.23. The predicted octanol–water partition coefficient (Wildman–Crippen LogP) is 3.42. The fraction of sp³-hybridized carbons (Fsp3) is 0.571. The smallest absolute Gasteiger partial charge is 0.0701 e. The van der Waals surface area contributed by atoms with Crippen LogP contribution in [0.2, 0.25) is 0 Å². The van der Waals surface area contributed by atoms with Crippen LogP contribution in [0.5, 0.6) is 0 Å². The Hall–Kier alpha value is -1.02. The van der Waals surface area contributed by atoms with Crippen LogP contribution in [-0.2, 0) is 6.61 Å². The van der Waals surface area contributed by atoms with Crippen LogP contribution in [0.4, 0.5) is 5.69 Å². The van der Waals surface area contributed by atoms with Crippen molar-refractivity contribution in [3.8, 4) is 0 Å². The number of anilines is 1. The lowest BCUT2D eigenvalue weighted by molar-refractivity contribution is 0.282. The normalized spacial score (nSPS) is 12.8. The van der Waals surface area contributed by atoms with Crippen molar-refractivity contribution < 1.29 is 5.11 Å². The molecule has 0 aliphatic heterocycles. The molecule has 2 heteroatoms. The molecule has 2 N–H and O–H groups in total. The highest BCUT2D eigenvalue weighted by atomic mass is 16.3. The Bertz CT molecular complexity index is 309. The van der Waals surface area contributed by atoms with E-state index in [2.05, 4.69) is 26.1 Å². The lowest BCUT2D eigenvalue weighted by Crippen LogP contribution is -2.16. The highest BCUT2D eigenvalue weighted by Crippen LogP contribution is 2.17. The first-order chi connectivity index (χ1) is 7.63. The van der Waals surface area contributed by atoms with Gasteiger partial charge in [0.25, 0.3) is 0 Å². The molecule has 1 aromatic rings. The SMILES string of the molecule is CC(C)CCC(C)Nc1ccccc1CO. The molecule has 0 saturated heterocycles. The first kappa shape index (κ1) is 13.0. The van der Waals surface area contributed by atoms with Crippen molar-refractivity contribution >= 4 is 5.69 Å². The molecule has 1 rings (SSSR count). The quantitative estimate of drug-likeness (QED) is 0.771. The molecule has 0 radical (unpaired) electrons. The predicted molar refractivity (Wildman–Crippen MR) is 69.5 cm³/mol. The summed E-state index contributed by atoms with van der Waals surface area (Å²) < 4.78 is 0. The average molecular weight is 221 g/mol. The largest absolute Gasteiger partial charge is 0.392 e. The monoisotopic (exact) mass is 221 g/mol. The number of rotatable bonds is 6. The molecule has 1 atom stereocenters. The van der Waals surface area contributed by atoms with E-state index in [9.17, 15) is 5.11 Å². The van der Waals surface area contributed by atoms with Crippen LogP contribution in [0.15, 0.2) is 24.3 Å². The minimum Gasteiger partial charge on any atom is -0.392 e. The summed E-state index contributed by atoms with van der Waals surface area (Å²) in [6.45, 7) is 6.78. The summed E-state index contributed by atoms with van der Waals surface area (Å²) in [5.41, 5.74) is 2.03. The van der Waals surface area contributed by atoms with Gasteiger partial charge in [0, 0.05) is 17.3 Å². The Labute approximate surface area is 98.7 Å². The van der Waals surface area contributed by atoms with Gasteiger partial charge < -0.3 is 10.4 Å². The van der Waals surface area contributed by atoms with Gasteiger partial charge in [-0.3, -0.25) is 0 Å². The van der Waals surface area contributed by atoms with Crippen LogP contribution in [0, 0.1) is 5.92 Å². The maximum atomic E-state index is 9.21. The number of hydrogen-bond acceptors (Lipinski definition) is 2. The topological polar surface area (TPSA) is 32.3 Å². The Morgan fingerprint density at radius 3 is 2.44 bits per heavy atom. The number of para-hydroxylation sites is 1. The molecule has 0 heterocycles. The van der Waals surface area contributed by atoms with Gasteiger partial charge in [-0.2, -0.15) is 0 Å². The lowest BCUT2D eigenvalue weighted by atomic mass is 10.0. The maximum absolute atomic E-state index is 9.21. The standard InChI is InChI=1S/C14H23NO/c1-11(2)8-9-12(3)15-14-7-5-4-6-13(14)10-16/h4-7,11-12,15-16H,8-10H2,1-3H3. The average Bonchev–Trinajstić information content (AvgIpc) is 2.27. The summed E-state index contributed by atoms with van der Waals surface area (Å²) in [6, 6.07) is 8.39. The van der Waals surface area contributed by atoms with Gasteiger partial charge in [-0.05, 0) is 31.7 Å². The van der Waals surface area contributed by atoms with Crippen LogP contribution in [0.3, 0.4) is 0 Å². The van der Waals surface area contributed by atoms with E-state index in [0.29, 0.717) is 6.04 Å². The van der Waals surface area contributed by atoms with E-state index in [4.69, 9.17) is 0 Å². The van der Waals surface area contributed by atoms with Crippen LogP contribution >= 0.6 is 0 Å². The summed E-state index contributed by atoms with van der Waals surface area (Å²) in [4.78, 5) is 0. The Kier molecular flexibility index (Phi) is 5.33. The Morgan fingerprint density at radius 2 is 1.81 bits per heavy atom. The molecule has 1 aromatic carbocycles.